The zero-order valence-electron chi connectivity index (χ0n) is 28.2. The van der Waals surface area contributed by atoms with Gasteiger partial charge in [0.1, 0.15) is 0 Å². The molecular formula is C39H72O. The van der Waals surface area contributed by atoms with Gasteiger partial charge < -0.3 is 4.74 Å². The molecule has 0 amide bonds. The molecule has 1 aromatic rings. The van der Waals surface area contributed by atoms with Gasteiger partial charge in [-0.15, -0.1) is 0 Å². The first-order chi connectivity index (χ1) is 19.4. The number of ether oxygens (including phenoxy) is 1. The van der Waals surface area contributed by atoms with E-state index in [2.05, 4.69) is 71.9 Å². The fourth-order valence-electron chi connectivity index (χ4n) is 6.38. The molecule has 1 heteroatoms. The first-order valence-corrected chi connectivity index (χ1v) is 18.0. The average Bonchev–Trinajstić information content (AvgIpc) is 2.93. The van der Waals surface area contributed by atoms with Gasteiger partial charge >= 0.3 is 0 Å². The van der Waals surface area contributed by atoms with E-state index in [1.807, 2.05) is 0 Å². The topological polar surface area (TPSA) is 9.23 Å². The third-order valence-electron chi connectivity index (χ3n) is 9.47. The fraction of sp³-hybridized carbons (Fsp3) is 0.846. The Labute approximate surface area is 253 Å². The van der Waals surface area contributed by atoms with E-state index in [-0.39, 0.29) is 0 Å². The molecule has 1 nitrogen and oxygen atoms in total. The lowest BCUT2D eigenvalue weighted by molar-refractivity contribution is 0.114. The molecule has 0 unspecified atom stereocenters. The van der Waals surface area contributed by atoms with E-state index < -0.39 is 0 Å². The van der Waals surface area contributed by atoms with Crippen molar-refractivity contribution >= 4 is 0 Å². The van der Waals surface area contributed by atoms with Crippen molar-refractivity contribution < 1.29 is 4.74 Å². The second-order valence-corrected chi connectivity index (χ2v) is 14.1. The summed E-state index contributed by atoms with van der Waals surface area (Å²) in [6.45, 7) is 16.4. The molecule has 0 aliphatic rings. The highest BCUT2D eigenvalue weighted by Crippen LogP contribution is 2.25. The molecule has 40 heavy (non-hydrogen) atoms. The highest BCUT2D eigenvalue weighted by atomic mass is 16.5. The highest BCUT2D eigenvalue weighted by Gasteiger charge is 2.10. The van der Waals surface area contributed by atoms with Crippen molar-refractivity contribution in [2.24, 2.45) is 29.6 Å². The van der Waals surface area contributed by atoms with Gasteiger partial charge in [0.2, 0.25) is 0 Å². The molecule has 0 aromatic heterocycles. The van der Waals surface area contributed by atoms with Crippen molar-refractivity contribution in [1.29, 1.82) is 0 Å². The summed E-state index contributed by atoms with van der Waals surface area (Å²) >= 11 is 0. The minimum absolute atomic E-state index is 0.753. The van der Waals surface area contributed by atoms with E-state index in [1.165, 1.54) is 134 Å². The van der Waals surface area contributed by atoms with E-state index in [9.17, 15) is 0 Å². The van der Waals surface area contributed by atoms with Crippen LogP contribution in [-0.4, -0.2) is 6.61 Å². The van der Waals surface area contributed by atoms with Crippen LogP contribution in [0.25, 0.3) is 0 Å². The zero-order chi connectivity index (χ0) is 29.3. The van der Waals surface area contributed by atoms with Gasteiger partial charge in [0.25, 0.3) is 0 Å². The van der Waals surface area contributed by atoms with E-state index in [1.54, 1.807) is 0 Å². The van der Waals surface area contributed by atoms with Gasteiger partial charge in [0.05, 0.1) is 6.61 Å². The quantitative estimate of drug-likeness (QED) is 0.0932. The van der Waals surface area contributed by atoms with Crippen LogP contribution in [0.1, 0.15) is 176 Å². The number of hydrogen-bond donors (Lipinski definition) is 0. The molecule has 0 N–H and O–H groups in total. The summed E-state index contributed by atoms with van der Waals surface area (Å²) in [5.74, 6) is 4.51. The van der Waals surface area contributed by atoms with Crippen molar-refractivity contribution in [3.63, 3.8) is 0 Å². The number of hydrogen-bond acceptors (Lipinski definition) is 1. The molecule has 0 aliphatic carbocycles. The standard InChI is InChI=1S/C39H72O/c1-7-8-9-10-12-20-34(2)21-15-22-35(3)23-16-24-36(4)25-17-26-37(5)27-18-28-38(6)29-19-32-40-33-39-30-13-11-14-31-39/h11,13-14,30-31,34-38H,7-10,12,15-29,32-33H2,1-6H3/t34-,35-,36-,37-,38-/m0/s1. The summed E-state index contributed by atoms with van der Waals surface area (Å²) < 4.78 is 5.85. The Kier molecular flexibility index (Phi) is 24.0. The predicted octanol–water partition coefficient (Wildman–Crippen LogP) is 13.2. The SMILES string of the molecule is CCCCCCC[C@H](C)CCC[C@H](C)CCC[C@H](C)CCC[C@H](C)CCC[C@H](C)CCCOCc1ccccc1. The second-order valence-electron chi connectivity index (χ2n) is 14.1. The van der Waals surface area contributed by atoms with Crippen LogP contribution in [0.2, 0.25) is 0 Å². The maximum Gasteiger partial charge on any atom is 0.0716 e. The molecular weight excluding hydrogens is 484 g/mol. The molecule has 0 radical (unpaired) electrons. The molecule has 0 saturated carbocycles. The summed E-state index contributed by atoms with van der Waals surface area (Å²) in [6, 6.07) is 10.5. The summed E-state index contributed by atoms with van der Waals surface area (Å²) in [5.41, 5.74) is 1.28. The van der Waals surface area contributed by atoms with E-state index in [4.69, 9.17) is 4.74 Å². The first-order valence-electron chi connectivity index (χ1n) is 18.0. The smallest absolute Gasteiger partial charge is 0.0716 e. The average molecular weight is 557 g/mol. The first kappa shape index (κ1) is 37.2. The molecule has 234 valence electrons. The monoisotopic (exact) mass is 557 g/mol. The van der Waals surface area contributed by atoms with Gasteiger partial charge in [-0.1, -0.05) is 187 Å². The van der Waals surface area contributed by atoms with Crippen molar-refractivity contribution in [3.8, 4) is 0 Å². The normalized spacial score (nSPS) is 15.6. The van der Waals surface area contributed by atoms with Crippen LogP contribution in [0.3, 0.4) is 0 Å². The fourth-order valence-corrected chi connectivity index (χ4v) is 6.38. The van der Waals surface area contributed by atoms with E-state index in [0.717, 1.165) is 42.8 Å². The third-order valence-corrected chi connectivity index (χ3v) is 9.47. The Morgan fingerprint density at radius 3 is 1.25 bits per heavy atom. The van der Waals surface area contributed by atoms with Gasteiger partial charge in [-0.2, -0.15) is 0 Å². The Morgan fingerprint density at radius 1 is 0.450 bits per heavy atom. The minimum atomic E-state index is 0.753. The van der Waals surface area contributed by atoms with Crippen molar-refractivity contribution in [2.75, 3.05) is 6.61 Å². The van der Waals surface area contributed by atoms with Gasteiger partial charge in [-0.25, -0.2) is 0 Å². The Hall–Kier alpha value is -0.820. The molecule has 0 saturated heterocycles. The van der Waals surface area contributed by atoms with E-state index >= 15 is 0 Å². The predicted molar refractivity (Wildman–Crippen MR) is 180 cm³/mol. The van der Waals surface area contributed by atoms with Crippen LogP contribution in [0, 0.1) is 29.6 Å². The zero-order valence-corrected chi connectivity index (χ0v) is 28.2. The lowest BCUT2D eigenvalue weighted by atomic mass is 9.89. The maximum atomic E-state index is 5.85. The number of rotatable bonds is 28. The highest BCUT2D eigenvalue weighted by molar-refractivity contribution is 5.13. The van der Waals surface area contributed by atoms with Crippen molar-refractivity contribution in [2.45, 2.75) is 177 Å². The summed E-state index contributed by atoms with van der Waals surface area (Å²) in [4.78, 5) is 0. The number of benzene rings is 1. The van der Waals surface area contributed by atoms with Gasteiger partial charge in [-0.05, 0) is 48.0 Å². The lowest BCUT2D eigenvalue weighted by Gasteiger charge is -2.17. The van der Waals surface area contributed by atoms with Crippen molar-refractivity contribution in [3.05, 3.63) is 35.9 Å². The van der Waals surface area contributed by atoms with Gasteiger partial charge in [0, 0.05) is 6.61 Å². The molecule has 0 bridgehead atoms. The molecule has 1 aromatic carbocycles. The molecule has 0 fully saturated rings. The van der Waals surface area contributed by atoms with Crippen LogP contribution in [0.4, 0.5) is 0 Å². The van der Waals surface area contributed by atoms with Crippen LogP contribution in [-0.2, 0) is 11.3 Å². The third kappa shape index (κ3) is 22.8. The Balaban J connectivity index is 1.91. The van der Waals surface area contributed by atoms with Crippen LogP contribution in [0.5, 0.6) is 0 Å². The summed E-state index contributed by atoms with van der Waals surface area (Å²) in [7, 11) is 0. The molecule has 0 heterocycles. The Bertz CT molecular complexity index is 639. The van der Waals surface area contributed by atoms with Gasteiger partial charge in [0.15, 0.2) is 0 Å². The van der Waals surface area contributed by atoms with Crippen molar-refractivity contribution in [1.82, 2.24) is 0 Å². The summed E-state index contributed by atoms with van der Waals surface area (Å²) in [6.07, 6.45) is 28.3. The van der Waals surface area contributed by atoms with Gasteiger partial charge in [-0.3, -0.25) is 0 Å². The largest absolute Gasteiger partial charge is 0.377 e. The molecule has 0 spiro atoms. The van der Waals surface area contributed by atoms with E-state index in [0.29, 0.717) is 0 Å². The molecule has 0 aliphatic heterocycles. The van der Waals surface area contributed by atoms with Crippen LogP contribution >= 0.6 is 0 Å². The molecule has 1 rings (SSSR count). The lowest BCUT2D eigenvalue weighted by Crippen LogP contribution is -2.03. The van der Waals surface area contributed by atoms with Crippen LogP contribution in [0.15, 0.2) is 30.3 Å². The minimum Gasteiger partial charge on any atom is -0.377 e. The molecule has 5 atom stereocenters. The second kappa shape index (κ2) is 25.9. The summed E-state index contributed by atoms with van der Waals surface area (Å²) in [5, 5.41) is 0. The Morgan fingerprint density at radius 2 is 0.825 bits per heavy atom. The number of unbranched alkanes of at least 4 members (excludes halogenated alkanes) is 4. The maximum absolute atomic E-state index is 5.85. The van der Waals surface area contributed by atoms with Crippen LogP contribution < -0.4 is 0 Å².